The Morgan fingerprint density at radius 1 is 1.29 bits per heavy atom. The van der Waals surface area contributed by atoms with E-state index in [-0.39, 0.29) is 12.0 Å². The van der Waals surface area contributed by atoms with E-state index in [1.165, 1.54) is 12.7 Å². The zero-order chi connectivity index (χ0) is 15.8. The van der Waals surface area contributed by atoms with Gasteiger partial charge in [0.05, 0.1) is 20.6 Å². The maximum Gasteiger partial charge on any atom is 0.307 e. The molecule has 1 N–H and O–H groups in total. The van der Waals surface area contributed by atoms with E-state index < -0.39 is 0 Å². The first-order chi connectivity index (χ1) is 10.0. The van der Waals surface area contributed by atoms with E-state index in [0.717, 1.165) is 36.3 Å². The Labute approximate surface area is 127 Å². The van der Waals surface area contributed by atoms with Crippen LogP contribution in [0, 0.1) is 13.8 Å². The highest BCUT2D eigenvalue weighted by atomic mass is 16.5. The lowest BCUT2D eigenvalue weighted by Gasteiger charge is -2.20. The van der Waals surface area contributed by atoms with Crippen molar-refractivity contribution in [2.24, 2.45) is 0 Å². The molecule has 21 heavy (non-hydrogen) atoms. The molecule has 0 saturated carbocycles. The number of esters is 1. The number of methoxy groups -OCH3 is 2. The number of hydrogen-bond acceptors (Lipinski definition) is 4. The number of carbonyl (C=O) groups excluding carboxylic acids is 1. The summed E-state index contributed by atoms with van der Waals surface area (Å²) in [6, 6.07) is 4.30. The molecule has 4 nitrogen and oxygen atoms in total. The standard InChI is InChI=1S/C17H27NO3/c1-6-7-18-15(11-16(19)20-4)10-14-9-12(2)8-13(3)17(14)21-5/h8-9,15,18H,6-7,10-11H2,1-5H3. The van der Waals surface area contributed by atoms with Crippen LogP contribution >= 0.6 is 0 Å². The fourth-order valence-corrected chi connectivity index (χ4v) is 2.60. The molecule has 1 rings (SSSR count). The van der Waals surface area contributed by atoms with Crippen LogP contribution in [0.2, 0.25) is 0 Å². The van der Waals surface area contributed by atoms with Gasteiger partial charge in [-0.3, -0.25) is 4.79 Å². The van der Waals surface area contributed by atoms with Crippen molar-refractivity contribution in [3.05, 3.63) is 28.8 Å². The molecule has 0 saturated heterocycles. The lowest BCUT2D eigenvalue weighted by Crippen LogP contribution is -2.34. The van der Waals surface area contributed by atoms with Gasteiger partial charge in [-0.15, -0.1) is 0 Å². The Balaban J connectivity index is 2.93. The van der Waals surface area contributed by atoms with Crippen molar-refractivity contribution >= 4 is 5.97 Å². The first-order valence-corrected chi connectivity index (χ1v) is 7.46. The summed E-state index contributed by atoms with van der Waals surface area (Å²) in [5, 5.41) is 3.42. The number of benzene rings is 1. The van der Waals surface area contributed by atoms with E-state index in [1.807, 2.05) is 6.92 Å². The second-order valence-corrected chi connectivity index (χ2v) is 5.41. The van der Waals surface area contributed by atoms with E-state index in [1.54, 1.807) is 7.11 Å². The first-order valence-electron chi connectivity index (χ1n) is 7.46. The highest BCUT2D eigenvalue weighted by Crippen LogP contribution is 2.26. The van der Waals surface area contributed by atoms with Crippen LogP contribution in [0.1, 0.15) is 36.5 Å². The monoisotopic (exact) mass is 293 g/mol. The van der Waals surface area contributed by atoms with Gasteiger partial charge in [0.25, 0.3) is 0 Å². The molecule has 0 aliphatic heterocycles. The predicted molar refractivity (Wildman–Crippen MR) is 84.9 cm³/mol. The third-order valence-electron chi connectivity index (χ3n) is 3.49. The molecule has 0 fully saturated rings. The molecule has 1 atom stereocenters. The van der Waals surface area contributed by atoms with E-state index >= 15 is 0 Å². The van der Waals surface area contributed by atoms with Crippen molar-refractivity contribution < 1.29 is 14.3 Å². The van der Waals surface area contributed by atoms with Crippen LogP contribution in [-0.4, -0.2) is 32.8 Å². The Morgan fingerprint density at radius 2 is 2.00 bits per heavy atom. The number of aryl methyl sites for hydroxylation is 2. The van der Waals surface area contributed by atoms with Gasteiger partial charge in [-0.05, 0) is 44.4 Å². The fourth-order valence-electron chi connectivity index (χ4n) is 2.60. The summed E-state index contributed by atoms with van der Waals surface area (Å²) in [4.78, 5) is 11.6. The van der Waals surface area contributed by atoms with E-state index in [9.17, 15) is 4.79 Å². The zero-order valence-corrected chi connectivity index (χ0v) is 13.8. The van der Waals surface area contributed by atoms with Crippen molar-refractivity contribution in [2.75, 3.05) is 20.8 Å². The minimum atomic E-state index is -0.188. The number of rotatable bonds is 8. The van der Waals surface area contributed by atoms with Gasteiger partial charge in [0, 0.05) is 6.04 Å². The van der Waals surface area contributed by atoms with Crippen molar-refractivity contribution in [3.8, 4) is 5.75 Å². The Hall–Kier alpha value is -1.55. The summed E-state index contributed by atoms with van der Waals surface area (Å²) < 4.78 is 10.3. The summed E-state index contributed by atoms with van der Waals surface area (Å²) >= 11 is 0. The molecule has 0 heterocycles. The highest BCUT2D eigenvalue weighted by Gasteiger charge is 2.17. The maximum absolute atomic E-state index is 11.6. The Bertz CT molecular complexity index is 471. The number of carbonyl (C=O) groups is 1. The highest BCUT2D eigenvalue weighted by molar-refractivity contribution is 5.70. The number of nitrogens with one attached hydrogen (secondary N) is 1. The molecule has 0 aromatic heterocycles. The van der Waals surface area contributed by atoms with Crippen LogP contribution in [-0.2, 0) is 16.0 Å². The Kier molecular flexibility index (Phi) is 7.23. The van der Waals surface area contributed by atoms with Gasteiger partial charge >= 0.3 is 5.97 Å². The van der Waals surface area contributed by atoms with E-state index in [0.29, 0.717) is 6.42 Å². The number of ether oxygens (including phenoxy) is 2. The third-order valence-corrected chi connectivity index (χ3v) is 3.49. The molecular weight excluding hydrogens is 266 g/mol. The summed E-state index contributed by atoms with van der Waals surface area (Å²) in [6.45, 7) is 7.11. The topological polar surface area (TPSA) is 47.6 Å². The molecule has 1 unspecified atom stereocenters. The molecule has 118 valence electrons. The van der Waals surface area contributed by atoms with Crippen LogP contribution in [0.4, 0.5) is 0 Å². The lowest BCUT2D eigenvalue weighted by atomic mass is 9.98. The first kappa shape index (κ1) is 17.5. The van der Waals surface area contributed by atoms with Gasteiger partial charge in [-0.2, -0.15) is 0 Å². The second kappa shape index (κ2) is 8.67. The van der Waals surface area contributed by atoms with Crippen LogP contribution in [0.5, 0.6) is 5.75 Å². The van der Waals surface area contributed by atoms with Crippen LogP contribution in [0.25, 0.3) is 0 Å². The molecule has 1 aromatic rings. The molecule has 1 aromatic carbocycles. The van der Waals surface area contributed by atoms with E-state index in [2.05, 4.69) is 31.3 Å². The van der Waals surface area contributed by atoms with Crippen molar-refractivity contribution in [2.45, 2.75) is 46.1 Å². The third kappa shape index (κ3) is 5.38. The second-order valence-electron chi connectivity index (χ2n) is 5.41. The smallest absolute Gasteiger partial charge is 0.307 e. The van der Waals surface area contributed by atoms with Crippen molar-refractivity contribution in [1.82, 2.24) is 5.32 Å². The van der Waals surface area contributed by atoms with Crippen molar-refractivity contribution in [1.29, 1.82) is 0 Å². The van der Waals surface area contributed by atoms with Gasteiger partial charge < -0.3 is 14.8 Å². The molecular formula is C17H27NO3. The average Bonchev–Trinajstić information content (AvgIpc) is 2.44. The fraction of sp³-hybridized carbons (Fsp3) is 0.588. The van der Waals surface area contributed by atoms with Crippen molar-refractivity contribution in [3.63, 3.8) is 0 Å². The number of hydrogen-bond donors (Lipinski definition) is 1. The molecule has 0 spiro atoms. The molecule has 4 heteroatoms. The largest absolute Gasteiger partial charge is 0.496 e. The molecule has 0 amide bonds. The molecule has 0 aliphatic carbocycles. The molecule has 0 bridgehead atoms. The zero-order valence-electron chi connectivity index (χ0n) is 13.8. The minimum absolute atomic E-state index is 0.0625. The SMILES string of the molecule is CCCNC(CC(=O)OC)Cc1cc(C)cc(C)c1OC. The maximum atomic E-state index is 11.6. The minimum Gasteiger partial charge on any atom is -0.496 e. The normalized spacial score (nSPS) is 12.0. The Morgan fingerprint density at radius 3 is 2.57 bits per heavy atom. The van der Waals surface area contributed by atoms with Gasteiger partial charge in [0.15, 0.2) is 0 Å². The molecule has 0 aliphatic rings. The quantitative estimate of drug-likeness (QED) is 0.749. The van der Waals surface area contributed by atoms with Crippen LogP contribution < -0.4 is 10.1 Å². The van der Waals surface area contributed by atoms with E-state index in [4.69, 9.17) is 9.47 Å². The van der Waals surface area contributed by atoms with Gasteiger partial charge in [0.1, 0.15) is 5.75 Å². The predicted octanol–water partition coefficient (Wildman–Crippen LogP) is 2.79. The average molecular weight is 293 g/mol. The van der Waals surface area contributed by atoms with Gasteiger partial charge in [0.2, 0.25) is 0 Å². The molecule has 0 radical (unpaired) electrons. The van der Waals surface area contributed by atoms with Gasteiger partial charge in [-0.1, -0.05) is 24.6 Å². The van der Waals surface area contributed by atoms with Crippen LogP contribution in [0.3, 0.4) is 0 Å². The summed E-state index contributed by atoms with van der Waals surface area (Å²) in [7, 11) is 3.12. The van der Waals surface area contributed by atoms with Crippen LogP contribution in [0.15, 0.2) is 12.1 Å². The summed E-state index contributed by atoms with van der Waals surface area (Å²) in [5.74, 6) is 0.723. The van der Waals surface area contributed by atoms with Gasteiger partial charge in [-0.25, -0.2) is 0 Å². The summed E-state index contributed by atoms with van der Waals surface area (Å²) in [5.41, 5.74) is 3.46. The lowest BCUT2D eigenvalue weighted by molar-refractivity contribution is -0.141. The summed E-state index contributed by atoms with van der Waals surface area (Å²) in [6.07, 6.45) is 2.15.